The van der Waals surface area contributed by atoms with E-state index in [-0.39, 0.29) is 0 Å². The van der Waals surface area contributed by atoms with E-state index in [9.17, 15) is 9.59 Å². The van der Waals surface area contributed by atoms with Gasteiger partial charge in [0.2, 0.25) is 5.91 Å². The first kappa shape index (κ1) is 22.1. The molecule has 160 valence electrons. The highest BCUT2D eigenvalue weighted by Gasteiger charge is 2.32. The Morgan fingerprint density at radius 1 is 0.806 bits per heavy atom. The Hall–Kier alpha value is -3.60. The van der Waals surface area contributed by atoms with E-state index in [4.69, 9.17) is 10.5 Å². The van der Waals surface area contributed by atoms with Crippen LogP contribution in [0.15, 0.2) is 84.9 Å². The summed E-state index contributed by atoms with van der Waals surface area (Å²) in [6.07, 6.45) is -0.554. The van der Waals surface area contributed by atoms with Gasteiger partial charge in [0.05, 0.1) is 5.92 Å². The molecule has 0 radical (unpaired) electrons. The van der Waals surface area contributed by atoms with Crippen molar-refractivity contribution < 1.29 is 14.3 Å². The summed E-state index contributed by atoms with van der Waals surface area (Å²) in [7, 11) is 0. The molecule has 2 amide bonds. The number of carbonyl (C=O) groups excluding carboxylic acids is 2. The summed E-state index contributed by atoms with van der Waals surface area (Å²) in [5, 5.41) is 2.85. The van der Waals surface area contributed by atoms with Crippen LogP contribution >= 0.6 is 0 Å². The summed E-state index contributed by atoms with van der Waals surface area (Å²) >= 11 is 0. The van der Waals surface area contributed by atoms with Crippen LogP contribution in [0.1, 0.15) is 49.3 Å². The van der Waals surface area contributed by atoms with E-state index in [2.05, 4.69) is 5.32 Å². The van der Waals surface area contributed by atoms with Crippen LogP contribution in [0.25, 0.3) is 0 Å². The average Bonchev–Trinajstić information content (AvgIpc) is 2.72. The molecule has 0 bridgehead atoms. The lowest BCUT2D eigenvalue weighted by atomic mass is 9.76. The lowest BCUT2D eigenvalue weighted by Crippen LogP contribution is -2.30. The Morgan fingerprint density at radius 2 is 1.32 bits per heavy atom. The molecule has 2 atom stereocenters. The summed E-state index contributed by atoms with van der Waals surface area (Å²) in [5.74, 6) is -1.45. The number of anilines is 1. The molecule has 3 aromatic carbocycles. The number of carbonyl (C=O) groups is 2. The molecule has 0 heterocycles. The molecule has 0 aliphatic carbocycles. The molecule has 0 aliphatic rings. The second-order valence-electron chi connectivity index (χ2n) is 8.39. The summed E-state index contributed by atoms with van der Waals surface area (Å²) in [6.45, 7) is 5.43. The number of hydrogen-bond donors (Lipinski definition) is 2. The van der Waals surface area contributed by atoms with Crippen LogP contribution < -0.4 is 11.1 Å². The van der Waals surface area contributed by atoms with Crippen molar-refractivity contribution in [2.75, 3.05) is 5.32 Å². The van der Waals surface area contributed by atoms with Crippen LogP contribution in [0.2, 0.25) is 0 Å². The molecule has 0 saturated carbocycles. The predicted octanol–water partition coefficient (Wildman–Crippen LogP) is 5.43. The van der Waals surface area contributed by atoms with Crippen LogP contribution in [-0.2, 0) is 9.53 Å². The molecule has 3 N–H and O–H groups in total. The number of rotatable bonds is 6. The topological polar surface area (TPSA) is 81.4 Å². The minimum atomic E-state index is -0.627. The molecular formula is C26H28N2O3. The maximum Gasteiger partial charge on any atom is 0.412 e. The van der Waals surface area contributed by atoms with Gasteiger partial charge in [-0.3, -0.25) is 10.1 Å². The van der Waals surface area contributed by atoms with Crippen LogP contribution in [0.4, 0.5) is 10.5 Å². The van der Waals surface area contributed by atoms with Crippen LogP contribution in [-0.4, -0.2) is 17.6 Å². The van der Waals surface area contributed by atoms with Gasteiger partial charge in [-0.2, -0.15) is 0 Å². The van der Waals surface area contributed by atoms with E-state index in [1.807, 2.05) is 99.6 Å². The molecule has 3 aromatic rings. The fourth-order valence-corrected chi connectivity index (χ4v) is 3.69. The normalized spacial score (nSPS) is 13.1. The Balaban J connectivity index is 2.12. The van der Waals surface area contributed by atoms with Crippen molar-refractivity contribution in [2.45, 2.75) is 38.2 Å². The maximum atomic E-state index is 12.7. The van der Waals surface area contributed by atoms with Crippen molar-refractivity contribution in [3.05, 3.63) is 102 Å². The van der Waals surface area contributed by atoms with E-state index in [1.165, 1.54) is 0 Å². The minimum Gasteiger partial charge on any atom is -0.444 e. The summed E-state index contributed by atoms with van der Waals surface area (Å²) in [5.41, 5.74) is 8.40. The Labute approximate surface area is 183 Å². The lowest BCUT2D eigenvalue weighted by molar-refractivity contribution is -0.119. The number of benzene rings is 3. The van der Waals surface area contributed by atoms with Gasteiger partial charge in [-0.25, -0.2) is 4.79 Å². The smallest absolute Gasteiger partial charge is 0.412 e. The lowest BCUT2D eigenvalue weighted by Gasteiger charge is -2.28. The number of hydrogen-bond acceptors (Lipinski definition) is 3. The van der Waals surface area contributed by atoms with Gasteiger partial charge < -0.3 is 10.5 Å². The highest BCUT2D eigenvalue weighted by molar-refractivity contribution is 5.88. The van der Waals surface area contributed by atoms with Gasteiger partial charge in [-0.05, 0) is 43.5 Å². The molecule has 2 unspecified atom stereocenters. The third-order valence-corrected chi connectivity index (χ3v) is 4.89. The van der Waals surface area contributed by atoms with Gasteiger partial charge in [0.1, 0.15) is 5.60 Å². The summed E-state index contributed by atoms with van der Waals surface area (Å²) in [6, 6.07) is 26.6. The van der Waals surface area contributed by atoms with Crippen molar-refractivity contribution >= 4 is 17.7 Å². The van der Waals surface area contributed by atoms with Gasteiger partial charge in [0, 0.05) is 11.6 Å². The van der Waals surface area contributed by atoms with E-state index >= 15 is 0 Å². The van der Waals surface area contributed by atoms with Crippen LogP contribution in [0.3, 0.4) is 0 Å². The van der Waals surface area contributed by atoms with Crippen molar-refractivity contribution in [2.24, 2.45) is 5.73 Å². The highest BCUT2D eigenvalue weighted by Crippen LogP contribution is 2.41. The van der Waals surface area contributed by atoms with Gasteiger partial charge in [0.15, 0.2) is 0 Å². The summed E-state index contributed by atoms with van der Waals surface area (Å²) in [4.78, 5) is 25.2. The van der Waals surface area contributed by atoms with Crippen LogP contribution in [0.5, 0.6) is 0 Å². The average molecular weight is 417 g/mol. The highest BCUT2D eigenvalue weighted by atomic mass is 16.6. The van der Waals surface area contributed by atoms with Crippen LogP contribution in [0, 0.1) is 0 Å². The van der Waals surface area contributed by atoms with Crippen molar-refractivity contribution in [3.63, 3.8) is 0 Å². The van der Waals surface area contributed by atoms with Crippen molar-refractivity contribution in [1.29, 1.82) is 0 Å². The fraction of sp³-hybridized carbons (Fsp3) is 0.231. The molecular weight excluding hydrogens is 388 g/mol. The zero-order chi connectivity index (χ0) is 22.4. The predicted molar refractivity (Wildman–Crippen MR) is 123 cm³/mol. The molecule has 0 saturated heterocycles. The minimum absolute atomic E-state index is 0.396. The third kappa shape index (κ3) is 5.72. The molecule has 0 aromatic heterocycles. The van der Waals surface area contributed by atoms with E-state index < -0.39 is 29.4 Å². The van der Waals surface area contributed by atoms with Gasteiger partial charge >= 0.3 is 6.09 Å². The molecule has 3 rings (SSSR count). The first-order valence-electron chi connectivity index (χ1n) is 10.2. The number of nitrogens with two attached hydrogens (primary N) is 1. The van der Waals surface area contributed by atoms with Gasteiger partial charge in [-0.15, -0.1) is 0 Å². The zero-order valence-electron chi connectivity index (χ0n) is 18.0. The molecule has 0 fully saturated rings. The number of amides is 2. The Morgan fingerprint density at radius 3 is 1.87 bits per heavy atom. The van der Waals surface area contributed by atoms with Crippen molar-refractivity contribution in [1.82, 2.24) is 0 Å². The molecule has 5 nitrogen and oxygen atoms in total. The molecule has 5 heteroatoms. The van der Waals surface area contributed by atoms with Gasteiger partial charge in [-0.1, -0.05) is 78.9 Å². The maximum absolute atomic E-state index is 12.7. The second-order valence-corrected chi connectivity index (χ2v) is 8.39. The third-order valence-electron chi connectivity index (χ3n) is 4.89. The quantitative estimate of drug-likeness (QED) is 0.562. The largest absolute Gasteiger partial charge is 0.444 e. The SMILES string of the molecule is CC(C)(C)OC(=O)Nc1ccccc1C(c1ccccc1)C(C(N)=O)c1ccccc1. The number of primary amides is 1. The first-order valence-corrected chi connectivity index (χ1v) is 10.2. The standard InChI is InChI=1S/C26H28N2O3/c1-26(2,3)31-25(30)28-21-17-11-10-16-20(21)22(18-12-6-4-7-13-18)23(24(27)29)19-14-8-5-9-15-19/h4-17,22-23H,1-3H3,(H2,27,29)(H,28,30). The van der Waals surface area contributed by atoms with Gasteiger partial charge in [0.25, 0.3) is 0 Å². The van der Waals surface area contributed by atoms with E-state index in [0.717, 1.165) is 16.7 Å². The number of ether oxygens (including phenoxy) is 1. The Bertz CT molecular complexity index is 1030. The molecule has 0 spiro atoms. The monoisotopic (exact) mass is 416 g/mol. The summed E-state index contributed by atoms with van der Waals surface area (Å²) < 4.78 is 5.43. The fourth-order valence-electron chi connectivity index (χ4n) is 3.69. The first-order chi connectivity index (χ1) is 14.8. The Kier molecular flexibility index (Phi) is 6.75. The molecule has 0 aliphatic heterocycles. The second kappa shape index (κ2) is 9.47. The molecule has 31 heavy (non-hydrogen) atoms. The van der Waals surface area contributed by atoms with E-state index in [0.29, 0.717) is 5.69 Å². The zero-order valence-corrected chi connectivity index (χ0v) is 18.0. The number of para-hydroxylation sites is 1. The van der Waals surface area contributed by atoms with Crippen molar-refractivity contribution in [3.8, 4) is 0 Å². The van der Waals surface area contributed by atoms with E-state index in [1.54, 1.807) is 6.07 Å². The number of nitrogens with one attached hydrogen (secondary N) is 1.